The number of benzene rings is 2. The Kier molecular flexibility index (Phi) is 12.7. The van der Waals surface area contributed by atoms with Gasteiger partial charge in [-0.2, -0.15) is 28.8 Å². The first kappa shape index (κ1) is 38.8. The lowest BCUT2D eigenvalue weighted by Crippen LogP contribution is -2.42. The summed E-state index contributed by atoms with van der Waals surface area (Å²) in [5, 5.41) is 19.1. The van der Waals surface area contributed by atoms with Crippen LogP contribution in [0.1, 0.15) is 44.0 Å². The van der Waals surface area contributed by atoms with Crippen molar-refractivity contribution in [3.8, 4) is 5.75 Å². The minimum atomic E-state index is -5.50. The van der Waals surface area contributed by atoms with Gasteiger partial charge in [0, 0.05) is 51.8 Å². The molecular weight excluding hydrogens is 742 g/mol. The molecule has 0 aliphatic carbocycles. The van der Waals surface area contributed by atoms with Crippen molar-refractivity contribution in [2.24, 2.45) is 5.73 Å². The monoisotopic (exact) mass is 774 g/mol. The minimum Gasteiger partial charge on any atom is -0.497 e. The van der Waals surface area contributed by atoms with E-state index >= 15 is 0 Å². The first-order valence-corrected chi connectivity index (χ1v) is 19.4. The van der Waals surface area contributed by atoms with Gasteiger partial charge in [-0.1, -0.05) is 12.1 Å². The highest BCUT2D eigenvalue weighted by Crippen LogP contribution is 2.34. The van der Waals surface area contributed by atoms with Crippen LogP contribution in [0.5, 0.6) is 5.75 Å². The van der Waals surface area contributed by atoms with E-state index in [1.807, 2.05) is 5.38 Å². The molecule has 0 unspecified atom stereocenters. The van der Waals surface area contributed by atoms with Gasteiger partial charge in [0.05, 0.1) is 25.2 Å². The molecule has 12 nitrogen and oxygen atoms in total. The fourth-order valence-corrected chi connectivity index (χ4v) is 9.53. The van der Waals surface area contributed by atoms with Gasteiger partial charge in [0.1, 0.15) is 9.96 Å². The summed E-state index contributed by atoms with van der Waals surface area (Å²) in [6, 6.07) is 13.9. The number of ether oxygens (including phenoxy) is 1. The number of methoxy groups -OCH3 is 1. The van der Waals surface area contributed by atoms with Crippen LogP contribution < -0.4 is 21.1 Å². The third-order valence-electron chi connectivity index (χ3n) is 7.40. The van der Waals surface area contributed by atoms with E-state index in [2.05, 4.69) is 10.6 Å². The van der Waals surface area contributed by atoms with Gasteiger partial charge in [0.25, 0.3) is 25.8 Å². The first-order chi connectivity index (χ1) is 23.6. The molecule has 19 heteroatoms. The van der Waals surface area contributed by atoms with Crippen LogP contribution in [0.3, 0.4) is 0 Å². The zero-order chi connectivity index (χ0) is 36.7. The Hall–Kier alpha value is -4.01. The van der Waals surface area contributed by atoms with E-state index in [-0.39, 0.29) is 53.0 Å². The van der Waals surface area contributed by atoms with Gasteiger partial charge in [0.2, 0.25) is 5.91 Å². The van der Waals surface area contributed by atoms with Crippen molar-refractivity contribution in [2.75, 3.05) is 25.5 Å². The molecule has 1 aliphatic heterocycles. The number of carbonyl (C=O) groups is 2. The van der Waals surface area contributed by atoms with E-state index < -0.39 is 36.9 Å². The SMILES string of the molecule is COc1cccc(C(=O)NCc2cc(CO)c(S(=O)(=O)N3CCC(Nc4cccc(S(=O)(=O)C(F)(F)F)c4)CC3)s2)c1.NC(=O)c1ccsc1. The highest BCUT2D eigenvalue weighted by molar-refractivity contribution is 7.92. The number of aliphatic hydroxyl groups excluding tert-OH is 1. The van der Waals surface area contributed by atoms with Crippen molar-refractivity contribution >= 4 is 60.0 Å². The largest absolute Gasteiger partial charge is 0.501 e. The third-order valence-corrected chi connectivity index (χ3v) is 13.2. The Morgan fingerprint density at radius 2 is 1.72 bits per heavy atom. The summed E-state index contributed by atoms with van der Waals surface area (Å²) in [4.78, 5) is 22.5. The molecule has 5 rings (SSSR count). The molecule has 0 saturated carbocycles. The van der Waals surface area contributed by atoms with Crippen LogP contribution in [-0.2, 0) is 33.0 Å². The van der Waals surface area contributed by atoms with Crippen molar-refractivity contribution in [2.45, 2.75) is 46.6 Å². The van der Waals surface area contributed by atoms with Crippen molar-refractivity contribution in [3.05, 3.63) is 93.0 Å². The zero-order valence-corrected chi connectivity index (χ0v) is 29.6. The Labute approximate surface area is 294 Å². The number of halogens is 3. The van der Waals surface area contributed by atoms with Crippen LogP contribution in [0.25, 0.3) is 0 Å². The number of rotatable bonds is 11. The van der Waals surface area contributed by atoms with Crippen molar-refractivity contribution in [1.29, 1.82) is 0 Å². The number of sulfone groups is 1. The number of carbonyl (C=O) groups excluding carboxylic acids is 2. The molecule has 0 atom stereocenters. The van der Waals surface area contributed by atoms with E-state index in [9.17, 15) is 44.7 Å². The Balaban J connectivity index is 0.000000616. The molecule has 0 bridgehead atoms. The van der Waals surface area contributed by atoms with Gasteiger partial charge in [-0.3, -0.25) is 9.59 Å². The van der Waals surface area contributed by atoms with Crippen LogP contribution in [0.15, 0.2) is 80.5 Å². The molecule has 1 saturated heterocycles. The van der Waals surface area contributed by atoms with Crippen LogP contribution in [0.4, 0.5) is 18.9 Å². The second kappa shape index (κ2) is 16.3. The average Bonchev–Trinajstić information content (AvgIpc) is 3.79. The Bertz CT molecular complexity index is 2010. The summed E-state index contributed by atoms with van der Waals surface area (Å²) in [5.41, 5.74) is 0.829. The first-order valence-electron chi connectivity index (χ1n) is 14.7. The van der Waals surface area contributed by atoms with Gasteiger partial charge in [-0.05, 0) is 66.8 Å². The minimum absolute atomic E-state index is 0.0351. The number of piperidine rings is 1. The maximum atomic E-state index is 13.5. The number of sulfonamides is 1. The average molecular weight is 775 g/mol. The van der Waals surface area contributed by atoms with Crippen LogP contribution >= 0.6 is 22.7 Å². The van der Waals surface area contributed by atoms with Crippen LogP contribution in [-0.4, -0.2) is 69.8 Å². The molecule has 3 heterocycles. The molecule has 1 aliphatic rings. The summed E-state index contributed by atoms with van der Waals surface area (Å²) in [6.07, 6.45) is 0.609. The second-order valence-corrected chi connectivity index (χ2v) is 16.8. The Morgan fingerprint density at radius 3 is 2.30 bits per heavy atom. The van der Waals surface area contributed by atoms with Crippen molar-refractivity contribution in [1.82, 2.24) is 9.62 Å². The molecule has 0 radical (unpaired) electrons. The number of amides is 2. The smallest absolute Gasteiger partial charge is 0.497 e. The maximum Gasteiger partial charge on any atom is 0.501 e. The van der Waals surface area contributed by atoms with Crippen molar-refractivity contribution < 1.29 is 49.4 Å². The number of hydrogen-bond donors (Lipinski definition) is 4. The fourth-order valence-electron chi connectivity index (χ4n) is 4.80. The molecule has 5 N–H and O–H groups in total. The summed E-state index contributed by atoms with van der Waals surface area (Å²) in [5.74, 6) is -0.226. The Morgan fingerprint density at radius 1 is 1.02 bits per heavy atom. The van der Waals surface area contributed by atoms with Crippen LogP contribution in [0, 0.1) is 0 Å². The van der Waals surface area contributed by atoms with E-state index in [4.69, 9.17) is 10.5 Å². The lowest BCUT2D eigenvalue weighted by molar-refractivity contribution is -0.0436. The van der Waals surface area contributed by atoms with Gasteiger partial charge in [0.15, 0.2) is 0 Å². The normalized spacial score (nSPS) is 14.3. The molecule has 4 aromatic rings. The number of nitrogens with zero attached hydrogens (tertiary/aromatic N) is 1. The lowest BCUT2D eigenvalue weighted by Gasteiger charge is -2.32. The molecule has 2 aromatic carbocycles. The number of anilines is 1. The number of alkyl halides is 3. The number of thiophene rings is 2. The molecular formula is C31H33F3N4O8S4. The summed E-state index contributed by atoms with van der Waals surface area (Å²) < 4.78 is 95.5. The number of primary amides is 1. The van der Waals surface area contributed by atoms with E-state index in [0.717, 1.165) is 23.5 Å². The summed E-state index contributed by atoms with van der Waals surface area (Å²) in [7, 11) is -8.02. The predicted molar refractivity (Wildman–Crippen MR) is 182 cm³/mol. The number of nitrogens with one attached hydrogen (secondary N) is 2. The molecule has 1 fully saturated rings. The quantitative estimate of drug-likeness (QED) is 0.169. The number of aliphatic hydroxyl groups is 1. The molecule has 2 amide bonds. The second-order valence-electron chi connectivity index (χ2n) is 10.8. The highest BCUT2D eigenvalue weighted by Gasteiger charge is 2.47. The lowest BCUT2D eigenvalue weighted by atomic mass is 10.1. The van der Waals surface area contributed by atoms with Gasteiger partial charge < -0.3 is 26.2 Å². The number of nitrogens with two attached hydrogens (primary N) is 1. The van der Waals surface area contributed by atoms with Gasteiger partial charge in [-0.25, -0.2) is 16.8 Å². The molecule has 0 spiro atoms. The van der Waals surface area contributed by atoms with Crippen molar-refractivity contribution in [3.63, 3.8) is 0 Å². The molecule has 2 aromatic heterocycles. The highest BCUT2D eigenvalue weighted by atomic mass is 32.2. The van der Waals surface area contributed by atoms with Crippen LogP contribution in [0.2, 0.25) is 0 Å². The molecule has 270 valence electrons. The number of hydrogen-bond acceptors (Lipinski definition) is 11. The summed E-state index contributed by atoms with van der Waals surface area (Å²) in [6.45, 7) is -0.307. The van der Waals surface area contributed by atoms with E-state index in [1.165, 1.54) is 41.0 Å². The standard InChI is InChI=1S/C26H28F3N3O7S3.C5H5NOS/c1-39-21-6-2-4-17(12-21)24(34)30-15-22-13-18(16-33)25(40-22)42(37,38)32-10-8-19(9-11-32)31-20-5-3-7-23(14-20)41(35,36)26(27,28)29;6-5(7)4-1-2-8-3-4/h2-7,12-14,19,31,33H,8-11,15-16H2,1H3,(H,30,34);1-3H,(H2,6,7). The summed E-state index contributed by atoms with van der Waals surface area (Å²) >= 11 is 2.41. The topological polar surface area (TPSA) is 185 Å². The van der Waals surface area contributed by atoms with Gasteiger partial charge >= 0.3 is 5.51 Å². The third kappa shape index (κ3) is 9.40. The zero-order valence-electron chi connectivity index (χ0n) is 26.3. The maximum absolute atomic E-state index is 13.5. The molecule has 50 heavy (non-hydrogen) atoms. The fraction of sp³-hybridized carbons (Fsp3) is 0.290. The van der Waals surface area contributed by atoms with Gasteiger partial charge in [-0.15, -0.1) is 11.3 Å². The van der Waals surface area contributed by atoms with E-state index in [0.29, 0.717) is 34.6 Å². The van der Waals surface area contributed by atoms with E-state index in [1.54, 1.807) is 35.7 Å². The predicted octanol–water partition coefficient (Wildman–Crippen LogP) is 4.58.